The van der Waals surface area contributed by atoms with Crippen molar-refractivity contribution in [2.45, 2.75) is 0 Å². The van der Waals surface area contributed by atoms with Crippen molar-refractivity contribution in [3.05, 3.63) is 16.9 Å². The second-order valence-electron chi connectivity index (χ2n) is 3.41. The van der Waals surface area contributed by atoms with Crippen molar-refractivity contribution in [2.24, 2.45) is 0 Å². The molecule has 2 heterocycles. The van der Waals surface area contributed by atoms with E-state index in [1.54, 1.807) is 0 Å². The van der Waals surface area contributed by atoms with Crippen LogP contribution in [-0.4, -0.2) is 47.4 Å². The van der Waals surface area contributed by atoms with E-state index in [9.17, 15) is 4.79 Å². The quantitative estimate of drug-likeness (QED) is 0.577. The average molecular weight is 259 g/mol. The van der Waals surface area contributed by atoms with Gasteiger partial charge in [0.1, 0.15) is 0 Å². The molecule has 0 unspecified atom stereocenters. The highest BCUT2D eigenvalue weighted by atomic mass is 35.5. The molecule has 2 N–H and O–H groups in total. The third-order valence-corrected chi connectivity index (χ3v) is 2.62. The Hall–Kier alpha value is -1.44. The summed E-state index contributed by atoms with van der Waals surface area (Å²) in [7, 11) is 0. The van der Waals surface area contributed by atoms with Gasteiger partial charge in [-0.05, 0) is 0 Å². The molecule has 1 amide bonds. The first-order valence-corrected chi connectivity index (χ1v) is 5.40. The van der Waals surface area contributed by atoms with E-state index in [0.29, 0.717) is 32.3 Å². The van der Waals surface area contributed by atoms with Crippen molar-refractivity contribution in [1.29, 1.82) is 0 Å². The van der Waals surface area contributed by atoms with Gasteiger partial charge in [-0.2, -0.15) is 0 Å². The number of nitrogens with one attached hydrogen (secondary N) is 1. The lowest BCUT2D eigenvalue weighted by Crippen LogP contribution is -2.37. The minimum Gasteiger partial charge on any atom is -0.378 e. The summed E-state index contributed by atoms with van der Waals surface area (Å²) in [6, 6.07) is 0. The SMILES string of the molecule is O=C(NO)c1nc(N2CCOCC2)ncc1Cl. The van der Waals surface area contributed by atoms with Crippen LogP contribution >= 0.6 is 11.6 Å². The Bertz CT molecular complexity index is 423. The molecule has 1 saturated heterocycles. The van der Waals surface area contributed by atoms with Crippen molar-refractivity contribution in [3.63, 3.8) is 0 Å². The fourth-order valence-electron chi connectivity index (χ4n) is 1.49. The zero-order chi connectivity index (χ0) is 12.3. The Morgan fingerprint density at radius 2 is 2.24 bits per heavy atom. The molecular formula is C9H11ClN4O3. The number of carbonyl (C=O) groups excluding carboxylic acids is 1. The molecule has 0 aliphatic carbocycles. The number of morpholine rings is 1. The maximum atomic E-state index is 11.3. The Balaban J connectivity index is 2.26. The van der Waals surface area contributed by atoms with Crippen LogP contribution in [0.2, 0.25) is 5.02 Å². The maximum Gasteiger partial charge on any atom is 0.294 e. The van der Waals surface area contributed by atoms with E-state index in [1.807, 2.05) is 4.90 Å². The van der Waals surface area contributed by atoms with Crippen LogP contribution in [0, 0.1) is 0 Å². The van der Waals surface area contributed by atoms with Gasteiger partial charge in [0.15, 0.2) is 5.69 Å². The first-order chi connectivity index (χ1) is 8.22. The van der Waals surface area contributed by atoms with E-state index in [4.69, 9.17) is 21.5 Å². The fourth-order valence-corrected chi connectivity index (χ4v) is 1.66. The smallest absolute Gasteiger partial charge is 0.294 e. The summed E-state index contributed by atoms with van der Waals surface area (Å²) >= 11 is 5.77. The Labute approximate surface area is 102 Å². The minimum absolute atomic E-state index is 0.0503. The first-order valence-electron chi connectivity index (χ1n) is 5.02. The lowest BCUT2D eigenvalue weighted by molar-refractivity contribution is 0.0700. The topological polar surface area (TPSA) is 87.6 Å². The lowest BCUT2D eigenvalue weighted by atomic mass is 10.4. The van der Waals surface area contributed by atoms with Crippen LogP contribution in [0.1, 0.15) is 10.5 Å². The predicted molar refractivity (Wildman–Crippen MR) is 59.3 cm³/mol. The Kier molecular flexibility index (Phi) is 3.72. The summed E-state index contributed by atoms with van der Waals surface area (Å²) in [4.78, 5) is 21.2. The summed E-state index contributed by atoms with van der Waals surface area (Å²) in [5.74, 6) is -0.358. The van der Waals surface area contributed by atoms with Crippen molar-refractivity contribution in [2.75, 3.05) is 31.2 Å². The highest BCUT2D eigenvalue weighted by molar-refractivity contribution is 6.33. The number of carbonyl (C=O) groups is 1. The molecule has 0 saturated carbocycles. The first kappa shape index (κ1) is 12.0. The molecule has 0 radical (unpaired) electrons. The second-order valence-corrected chi connectivity index (χ2v) is 3.81. The predicted octanol–water partition coefficient (Wildman–Crippen LogP) is 0.0856. The van der Waals surface area contributed by atoms with Gasteiger partial charge >= 0.3 is 0 Å². The van der Waals surface area contributed by atoms with Gasteiger partial charge in [0.2, 0.25) is 5.95 Å². The Morgan fingerprint density at radius 3 is 2.88 bits per heavy atom. The number of hydrogen-bond donors (Lipinski definition) is 2. The fraction of sp³-hybridized carbons (Fsp3) is 0.444. The number of ether oxygens (including phenoxy) is 1. The van der Waals surface area contributed by atoms with Crippen LogP contribution in [0.3, 0.4) is 0 Å². The van der Waals surface area contributed by atoms with Crippen LogP contribution in [0.15, 0.2) is 6.20 Å². The molecule has 1 aliphatic rings. The van der Waals surface area contributed by atoms with Crippen molar-refractivity contribution >= 4 is 23.5 Å². The summed E-state index contributed by atoms with van der Waals surface area (Å²) < 4.78 is 5.20. The van der Waals surface area contributed by atoms with Gasteiger partial charge in [0.05, 0.1) is 24.4 Å². The highest BCUT2D eigenvalue weighted by Gasteiger charge is 2.18. The van der Waals surface area contributed by atoms with Crippen LogP contribution in [0.5, 0.6) is 0 Å². The molecule has 1 aliphatic heterocycles. The molecule has 0 atom stereocenters. The molecule has 1 aromatic heterocycles. The molecule has 0 aromatic carbocycles. The van der Waals surface area contributed by atoms with E-state index in [-0.39, 0.29) is 10.7 Å². The van der Waals surface area contributed by atoms with Crippen molar-refractivity contribution in [1.82, 2.24) is 15.4 Å². The van der Waals surface area contributed by atoms with Gasteiger partial charge in [-0.15, -0.1) is 0 Å². The van der Waals surface area contributed by atoms with Crippen molar-refractivity contribution < 1.29 is 14.7 Å². The average Bonchev–Trinajstić information content (AvgIpc) is 2.39. The molecule has 0 spiro atoms. The minimum atomic E-state index is -0.757. The van der Waals surface area contributed by atoms with E-state index in [2.05, 4.69) is 9.97 Å². The van der Waals surface area contributed by atoms with Gasteiger partial charge < -0.3 is 9.64 Å². The van der Waals surface area contributed by atoms with Gasteiger partial charge in [-0.3, -0.25) is 10.0 Å². The zero-order valence-corrected chi connectivity index (χ0v) is 9.65. The Morgan fingerprint density at radius 1 is 1.53 bits per heavy atom. The number of halogens is 1. The van der Waals surface area contributed by atoms with E-state index in [1.165, 1.54) is 11.7 Å². The van der Waals surface area contributed by atoms with Gasteiger partial charge in [0, 0.05) is 13.1 Å². The molecule has 8 heteroatoms. The molecule has 1 aromatic rings. The van der Waals surface area contributed by atoms with Crippen LogP contribution in [0.4, 0.5) is 5.95 Å². The monoisotopic (exact) mass is 258 g/mol. The summed E-state index contributed by atoms with van der Waals surface area (Å²) in [6.45, 7) is 2.49. The third kappa shape index (κ3) is 2.63. The molecule has 2 rings (SSSR count). The largest absolute Gasteiger partial charge is 0.378 e. The van der Waals surface area contributed by atoms with E-state index in [0.717, 1.165) is 0 Å². The highest BCUT2D eigenvalue weighted by Crippen LogP contribution is 2.17. The summed E-state index contributed by atoms with van der Waals surface area (Å²) in [6.07, 6.45) is 1.34. The second kappa shape index (κ2) is 5.26. The normalized spacial score (nSPS) is 15.8. The zero-order valence-electron chi connectivity index (χ0n) is 8.89. The number of anilines is 1. The number of nitrogens with zero attached hydrogens (tertiary/aromatic N) is 3. The van der Waals surface area contributed by atoms with E-state index >= 15 is 0 Å². The number of hydrogen-bond acceptors (Lipinski definition) is 6. The number of amides is 1. The molecule has 92 valence electrons. The standard InChI is InChI=1S/C9H11ClN4O3/c10-6-5-11-9(12-7(6)8(15)13-16)14-1-3-17-4-2-14/h5,16H,1-4H2,(H,13,15). The summed E-state index contributed by atoms with van der Waals surface area (Å²) in [5.41, 5.74) is 1.45. The van der Waals surface area contributed by atoms with Crippen LogP contribution in [-0.2, 0) is 4.74 Å². The molecule has 1 fully saturated rings. The molecule has 17 heavy (non-hydrogen) atoms. The molecule has 7 nitrogen and oxygen atoms in total. The molecule has 0 bridgehead atoms. The van der Waals surface area contributed by atoms with Gasteiger partial charge in [-0.1, -0.05) is 11.6 Å². The van der Waals surface area contributed by atoms with Crippen molar-refractivity contribution in [3.8, 4) is 0 Å². The number of rotatable bonds is 2. The van der Waals surface area contributed by atoms with Crippen LogP contribution < -0.4 is 10.4 Å². The van der Waals surface area contributed by atoms with Gasteiger partial charge in [0.25, 0.3) is 5.91 Å². The van der Waals surface area contributed by atoms with E-state index < -0.39 is 5.91 Å². The van der Waals surface area contributed by atoms with Crippen LogP contribution in [0.25, 0.3) is 0 Å². The third-order valence-electron chi connectivity index (χ3n) is 2.34. The number of aromatic nitrogens is 2. The molecular weight excluding hydrogens is 248 g/mol. The maximum absolute atomic E-state index is 11.3. The lowest BCUT2D eigenvalue weighted by Gasteiger charge is -2.26. The van der Waals surface area contributed by atoms with Gasteiger partial charge in [-0.25, -0.2) is 15.4 Å². The summed E-state index contributed by atoms with van der Waals surface area (Å²) in [5, 5.41) is 8.65. The number of hydroxylamine groups is 1.